The van der Waals surface area contributed by atoms with E-state index in [1.807, 2.05) is 40.8 Å². The molecule has 0 bridgehead atoms. The number of nitrogens with one attached hydrogen (secondary N) is 1. The fraction of sp³-hybridized carbons (Fsp3) is 0.643. The fourth-order valence-electron chi connectivity index (χ4n) is 2.59. The summed E-state index contributed by atoms with van der Waals surface area (Å²) in [5, 5.41) is 0. The highest BCUT2D eigenvalue weighted by Gasteiger charge is 2.52. The van der Waals surface area contributed by atoms with E-state index in [-0.39, 0.29) is 17.1 Å². The van der Waals surface area contributed by atoms with E-state index in [2.05, 4.69) is 4.98 Å². The topological polar surface area (TPSA) is 54.6 Å². The monoisotopic (exact) mass is 276 g/mol. The maximum Gasteiger partial charge on any atom is 0.512 e. The van der Waals surface area contributed by atoms with Gasteiger partial charge in [0.25, 0.3) is 5.91 Å². The Morgan fingerprint density at radius 3 is 2.45 bits per heavy atom. The van der Waals surface area contributed by atoms with Crippen molar-refractivity contribution in [1.29, 1.82) is 0 Å². The van der Waals surface area contributed by atoms with Crippen LogP contribution in [0.15, 0.2) is 6.07 Å². The van der Waals surface area contributed by atoms with Crippen LogP contribution in [0, 0.1) is 0 Å². The van der Waals surface area contributed by atoms with Gasteiger partial charge in [-0.1, -0.05) is 0 Å². The molecule has 20 heavy (non-hydrogen) atoms. The molecule has 108 valence electrons. The number of fused-ring (bicyclic) bond motifs is 1. The van der Waals surface area contributed by atoms with Crippen LogP contribution >= 0.6 is 0 Å². The summed E-state index contributed by atoms with van der Waals surface area (Å²) in [6.45, 7) is 8.85. The number of carbonyl (C=O) groups is 1. The molecular formula is C14H21BN2O3. The second kappa shape index (κ2) is 4.12. The molecule has 2 aliphatic rings. The standard InChI is InChI=1S/C14H21BN2O3/c1-13(2)14(3,4)20-15(19-13)10-8-9-6-7-17(5)12(18)11(9)16-10/h8,16H,6-7H2,1-5H3. The van der Waals surface area contributed by atoms with Crippen molar-refractivity contribution in [3.05, 3.63) is 17.3 Å². The van der Waals surface area contributed by atoms with Crippen LogP contribution in [0.5, 0.6) is 0 Å². The molecule has 0 spiro atoms. The molecule has 1 aromatic rings. The molecule has 1 aromatic heterocycles. The summed E-state index contributed by atoms with van der Waals surface area (Å²) in [7, 11) is 1.38. The average Bonchev–Trinajstić information content (AvgIpc) is 2.85. The van der Waals surface area contributed by atoms with Gasteiger partial charge in [-0.25, -0.2) is 0 Å². The molecule has 0 aliphatic carbocycles. The highest BCUT2D eigenvalue weighted by Crippen LogP contribution is 2.36. The Hall–Kier alpha value is -1.27. The van der Waals surface area contributed by atoms with Gasteiger partial charge in [0.05, 0.1) is 11.2 Å². The maximum absolute atomic E-state index is 12.1. The molecular weight excluding hydrogens is 255 g/mol. The van der Waals surface area contributed by atoms with E-state index in [1.54, 1.807) is 4.90 Å². The first-order valence-corrected chi connectivity index (χ1v) is 7.04. The van der Waals surface area contributed by atoms with Gasteiger partial charge < -0.3 is 19.2 Å². The van der Waals surface area contributed by atoms with Crippen molar-refractivity contribution in [2.75, 3.05) is 13.6 Å². The van der Waals surface area contributed by atoms with E-state index < -0.39 is 7.12 Å². The Bertz CT molecular complexity index is 549. The molecule has 0 atom stereocenters. The fourth-order valence-corrected chi connectivity index (χ4v) is 2.59. The highest BCUT2D eigenvalue weighted by molar-refractivity contribution is 6.61. The van der Waals surface area contributed by atoms with Gasteiger partial charge in [0, 0.05) is 19.2 Å². The molecule has 2 aliphatic heterocycles. The molecule has 1 amide bonds. The summed E-state index contributed by atoms with van der Waals surface area (Å²) in [5.41, 5.74) is 1.81. The summed E-state index contributed by atoms with van der Waals surface area (Å²) in [4.78, 5) is 17.0. The van der Waals surface area contributed by atoms with Crippen LogP contribution in [0.25, 0.3) is 0 Å². The number of nitrogens with zero attached hydrogens (tertiary/aromatic N) is 1. The number of amides is 1. The number of rotatable bonds is 1. The number of hydrogen-bond acceptors (Lipinski definition) is 3. The van der Waals surface area contributed by atoms with Crippen LogP contribution in [0.3, 0.4) is 0 Å². The third-order valence-corrected chi connectivity index (χ3v) is 4.70. The van der Waals surface area contributed by atoms with Gasteiger partial charge in [-0.3, -0.25) is 4.79 Å². The Morgan fingerprint density at radius 1 is 1.25 bits per heavy atom. The smallest absolute Gasteiger partial charge is 0.398 e. The van der Waals surface area contributed by atoms with Crippen LogP contribution in [0.2, 0.25) is 0 Å². The molecule has 0 unspecified atom stereocenters. The lowest BCUT2D eigenvalue weighted by molar-refractivity contribution is 0.00578. The first kappa shape index (κ1) is 13.7. The summed E-state index contributed by atoms with van der Waals surface area (Å²) in [6.07, 6.45) is 0.869. The minimum absolute atomic E-state index is 0.0361. The Morgan fingerprint density at radius 2 is 1.85 bits per heavy atom. The van der Waals surface area contributed by atoms with Crippen molar-refractivity contribution >= 4 is 18.6 Å². The van der Waals surface area contributed by atoms with Crippen molar-refractivity contribution in [2.45, 2.75) is 45.3 Å². The van der Waals surface area contributed by atoms with E-state index in [1.165, 1.54) is 0 Å². The zero-order valence-electron chi connectivity index (χ0n) is 12.7. The van der Waals surface area contributed by atoms with Gasteiger partial charge in [-0.05, 0) is 45.7 Å². The van der Waals surface area contributed by atoms with Crippen LogP contribution in [-0.2, 0) is 15.7 Å². The van der Waals surface area contributed by atoms with E-state index in [0.717, 1.165) is 24.1 Å². The lowest BCUT2D eigenvalue weighted by Crippen LogP contribution is -2.41. The third-order valence-electron chi connectivity index (χ3n) is 4.70. The van der Waals surface area contributed by atoms with Gasteiger partial charge in [-0.2, -0.15) is 0 Å². The number of H-pyrrole nitrogens is 1. The maximum atomic E-state index is 12.1. The lowest BCUT2D eigenvalue weighted by atomic mass is 9.84. The van der Waals surface area contributed by atoms with E-state index in [4.69, 9.17) is 9.31 Å². The van der Waals surface area contributed by atoms with Crippen LogP contribution in [-0.4, -0.2) is 47.7 Å². The summed E-state index contributed by atoms with van der Waals surface area (Å²) < 4.78 is 12.0. The Labute approximate surface area is 119 Å². The van der Waals surface area contributed by atoms with Crippen LogP contribution in [0.4, 0.5) is 0 Å². The van der Waals surface area contributed by atoms with Crippen molar-refractivity contribution in [2.24, 2.45) is 0 Å². The van der Waals surface area contributed by atoms with Gasteiger partial charge in [0.15, 0.2) is 0 Å². The lowest BCUT2D eigenvalue weighted by Gasteiger charge is -2.32. The molecule has 0 saturated carbocycles. The van der Waals surface area contributed by atoms with E-state index in [9.17, 15) is 4.79 Å². The van der Waals surface area contributed by atoms with Gasteiger partial charge in [0.2, 0.25) is 0 Å². The van der Waals surface area contributed by atoms with Crippen molar-refractivity contribution in [3.63, 3.8) is 0 Å². The molecule has 6 heteroatoms. The number of carbonyl (C=O) groups excluding carboxylic acids is 1. The molecule has 5 nitrogen and oxygen atoms in total. The summed E-state index contributed by atoms with van der Waals surface area (Å²) in [5.74, 6) is 0.0361. The summed E-state index contributed by atoms with van der Waals surface area (Å²) >= 11 is 0. The summed E-state index contributed by atoms with van der Waals surface area (Å²) in [6, 6.07) is 2.00. The van der Waals surface area contributed by atoms with E-state index in [0.29, 0.717) is 5.69 Å². The second-order valence-electron chi connectivity index (χ2n) is 6.69. The molecule has 1 fully saturated rings. The Kier molecular flexibility index (Phi) is 2.82. The minimum atomic E-state index is -0.441. The minimum Gasteiger partial charge on any atom is -0.398 e. The molecule has 0 radical (unpaired) electrons. The van der Waals surface area contributed by atoms with E-state index >= 15 is 0 Å². The highest BCUT2D eigenvalue weighted by atomic mass is 16.7. The number of likely N-dealkylation sites (N-methyl/N-ethyl adjacent to an activating group) is 1. The van der Waals surface area contributed by atoms with Crippen molar-refractivity contribution < 1.29 is 14.1 Å². The van der Waals surface area contributed by atoms with Gasteiger partial charge in [0.1, 0.15) is 5.69 Å². The number of aromatic nitrogens is 1. The largest absolute Gasteiger partial charge is 0.512 e. The molecule has 3 rings (SSSR count). The molecule has 3 heterocycles. The zero-order chi connectivity index (χ0) is 14.7. The predicted octanol–water partition coefficient (Wildman–Crippen LogP) is 0.942. The number of aromatic amines is 1. The van der Waals surface area contributed by atoms with Gasteiger partial charge in [-0.15, -0.1) is 0 Å². The average molecular weight is 276 g/mol. The first-order valence-electron chi connectivity index (χ1n) is 7.04. The van der Waals surface area contributed by atoms with Crippen LogP contribution in [0.1, 0.15) is 43.7 Å². The number of hydrogen-bond donors (Lipinski definition) is 1. The van der Waals surface area contributed by atoms with Crippen molar-refractivity contribution in [1.82, 2.24) is 9.88 Å². The SMILES string of the molecule is CN1CCc2cc(B3OC(C)(C)C(C)(C)O3)[nH]c2C1=O. The molecule has 1 N–H and O–H groups in total. The normalized spacial score (nSPS) is 24.1. The predicted molar refractivity (Wildman–Crippen MR) is 77.2 cm³/mol. The molecule has 1 saturated heterocycles. The second-order valence-corrected chi connectivity index (χ2v) is 6.69. The quantitative estimate of drug-likeness (QED) is 0.777. The Balaban J connectivity index is 1.91. The zero-order valence-corrected chi connectivity index (χ0v) is 12.7. The van der Waals surface area contributed by atoms with Crippen LogP contribution < -0.4 is 5.59 Å². The van der Waals surface area contributed by atoms with Crippen molar-refractivity contribution in [3.8, 4) is 0 Å². The van der Waals surface area contributed by atoms with Gasteiger partial charge >= 0.3 is 7.12 Å². The third kappa shape index (κ3) is 1.90. The first-order chi connectivity index (χ1) is 9.21. The molecule has 0 aromatic carbocycles.